The highest BCUT2D eigenvalue weighted by molar-refractivity contribution is 5.72. The smallest absolute Gasteiger partial charge is 0.309 e. The van der Waals surface area contributed by atoms with Crippen molar-refractivity contribution in [2.24, 2.45) is 5.92 Å². The van der Waals surface area contributed by atoms with Crippen LogP contribution in [0.1, 0.15) is 33.1 Å². The standard InChI is InChI=1S/C12H23NO3/c1-9(11(14)15-3)10(2)13-8-12(16-4)6-5-7-12/h9-10,13H,5-8H2,1-4H3. The van der Waals surface area contributed by atoms with E-state index in [9.17, 15) is 4.79 Å². The van der Waals surface area contributed by atoms with Crippen LogP contribution in [-0.2, 0) is 14.3 Å². The number of methoxy groups -OCH3 is 2. The van der Waals surface area contributed by atoms with Gasteiger partial charge in [0.15, 0.2) is 0 Å². The van der Waals surface area contributed by atoms with E-state index in [1.54, 1.807) is 7.11 Å². The first-order chi connectivity index (χ1) is 7.54. The molecule has 4 nitrogen and oxygen atoms in total. The second-order valence-electron chi connectivity index (χ2n) is 4.72. The minimum Gasteiger partial charge on any atom is -0.469 e. The molecule has 0 heterocycles. The first-order valence-electron chi connectivity index (χ1n) is 5.91. The Hall–Kier alpha value is -0.610. The van der Waals surface area contributed by atoms with Gasteiger partial charge in [-0.2, -0.15) is 0 Å². The molecule has 0 aromatic heterocycles. The van der Waals surface area contributed by atoms with Crippen molar-refractivity contribution in [3.63, 3.8) is 0 Å². The quantitative estimate of drug-likeness (QED) is 0.698. The van der Waals surface area contributed by atoms with Gasteiger partial charge < -0.3 is 14.8 Å². The van der Waals surface area contributed by atoms with E-state index < -0.39 is 0 Å². The number of hydrogen-bond donors (Lipinski definition) is 1. The number of carbonyl (C=O) groups excluding carboxylic acids is 1. The average Bonchev–Trinajstić information content (AvgIpc) is 2.25. The molecule has 1 aliphatic rings. The first-order valence-corrected chi connectivity index (χ1v) is 5.91. The SMILES string of the molecule is COC(=O)C(C)C(C)NCC1(OC)CCC1. The summed E-state index contributed by atoms with van der Waals surface area (Å²) in [4.78, 5) is 11.3. The minimum atomic E-state index is -0.167. The third-order valence-corrected chi connectivity index (χ3v) is 3.77. The number of esters is 1. The van der Waals surface area contributed by atoms with Crippen LogP contribution in [0.2, 0.25) is 0 Å². The van der Waals surface area contributed by atoms with E-state index in [4.69, 9.17) is 9.47 Å². The molecule has 1 rings (SSSR count). The Balaban J connectivity index is 2.34. The highest BCUT2D eigenvalue weighted by Gasteiger charge is 2.37. The highest BCUT2D eigenvalue weighted by atomic mass is 16.5. The zero-order valence-electron chi connectivity index (χ0n) is 10.7. The van der Waals surface area contributed by atoms with Crippen molar-refractivity contribution in [1.29, 1.82) is 0 Å². The Labute approximate surface area is 97.7 Å². The molecule has 0 bridgehead atoms. The topological polar surface area (TPSA) is 47.6 Å². The molecule has 0 aromatic carbocycles. The lowest BCUT2D eigenvalue weighted by atomic mass is 9.79. The summed E-state index contributed by atoms with van der Waals surface area (Å²) >= 11 is 0. The van der Waals surface area contributed by atoms with Gasteiger partial charge in [0.25, 0.3) is 0 Å². The average molecular weight is 229 g/mol. The van der Waals surface area contributed by atoms with Crippen molar-refractivity contribution in [3.8, 4) is 0 Å². The molecular weight excluding hydrogens is 206 g/mol. The normalized spacial score (nSPS) is 22.0. The van der Waals surface area contributed by atoms with Crippen LogP contribution in [0.3, 0.4) is 0 Å². The fraction of sp³-hybridized carbons (Fsp3) is 0.917. The Morgan fingerprint density at radius 2 is 2.00 bits per heavy atom. The van der Waals surface area contributed by atoms with Gasteiger partial charge in [-0.1, -0.05) is 6.92 Å². The van der Waals surface area contributed by atoms with Crippen LogP contribution in [-0.4, -0.2) is 38.4 Å². The van der Waals surface area contributed by atoms with Crippen LogP contribution in [0.25, 0.3) is 0 Å². The van der Waals surface area contributed by atoms with Crippen LogP contribution < -0.4 is 5.32 Å². The molecule has 2 atom stereocenters. The van der Waals surface area contributed by atoms with Gasteiger partial charge in [0.2, 0.25) is 0 Å². The maximum atomic E-state index is 11.3. The molecule has 0 aliphatic heterocycles. The third kappa shape index (κ3) is 2.95. The summed E-state index contributed by atoms with van der Waals surface area (Å²) in [7, 11) is 3.18. The second-order valence-corrected chi connectivity index (χ2v) is 4.72. The summed E-state index contributed by atoms with van der Waals surface area (Å²) in [5, 5.41) is 3.37. The molecule has 94 valence electrons. The van der Waals surface area contributed by atoms with Crippen molar-refractivity contribution >= 4 is 5.97 Å². The molecule has 1 aliphatic carbocycles. The molecule has 0 saturated heterocycles. The largest absolute Gasteiger partial charge is 0.469 e. The lowest BCUT2D eigenvalue weighted by molar-refractivity contribution is -0.146. The van der Waals surface area contributed by atoms with E-state index in [2.05, 4.69) is 5.32 Å². The van der Waals surface area contributed by atoms with Crippen molar-refractivity contribution < 1.29 is 14.3 Å². The van der Waals surface area contributed by atoms with E-state index in [0.717, 1.165) is 19.4 Å². The van der Waals surface area contributed by atoms with E-state index in [0.29, 0.717) is 0 Å². The predicted molar refractivity (Wildman–Crippen MR) is 62.2 cm³/mol. The lowest BCUT2D eigenvalue weighted by Gasteiger charge is -2.41. The molecule has 0 spiro atoms. The van der Waals surface area contributed by atoms with Crippen molar-refractivity contribution in [1.82, 2.24) is 5.32 Å². The van der Waals surface area contributed by atoms with Crippen LogP contribution in [0, 0.1) is 5.92 Å². The van der Waals surface area contributed by atoms with E-state index in [-0.39, 0.29) is 23.5 Å². The molecular formula is C12H23NO3. The van der Waals surface area contributed by atoms with Crippen LogP contribution in [0.4, 0.5) is 0 Å². The van der Waals surface area contributed by atoms with Gasteiger partial charge in [-0.3, -0.25) is 4.79 Å². The minimum absolute atomic E-state index is 0.00407. The Morgan fingerprint density at radius 1 is 1.38 bits per heavy atom. The number of nitrogens with one attached hydrogen (secondary N) is 1. The monoisotopic (exact) mass is 229 g/mol. The Morgan fingerprint density at radius 3 is 2.38 bits per heavy atom. The maximum absolute atomic E-state index is 11.3. The molecule has 1 N–H and O–H groups in total. The number of rotatable bonds is 6. The zero-order chi connectivity index (χ0) is 12.2. The van der Waals surface area contributed by atoms with Crippen LogP contribution in [0.15, 0.2) is 0 Å². The third-order valence-electron chi connectivity index (χ3n) is 3.77. The van der Waals surface area contributed by atoms with Gasteiger partial charge in [0.05, 0.1) is 18.6 Å². The summed E-state index contributed by atoms with van der Waals surface area (Å²) < 4.78 is 10.2. The van der Waals surface area contributed by atoms with Crippen LogP contribution >= 0.6 is 0 Å². The number of carbonyl (C=O) groups is 1. The molecule has 1 saturated carbocycles. The summed E-state index contributed by atoms with van der Waals surface area (Å²) in [6.07, 6.45) is 3.45. The van der Waals surface area contributed by atoms with Gasteiger partial charge in [-0.15, -0.1) is 0 Å². The first kappa shape index (κ1) is 13.5. The predicted octanol–water partition coefficient (Wildman–Crippen LogP) is 1.34. The van der Waals surface area contributed by atoms with Gasteiger partial charge in [0, 0.05) is 19.7 Å². The van der Waals surface area contributed by atoms with Gasteiger partial charge in [-0.05, 0) is 26.2 Å². The molecule has 4 heteroatoms. The fourth-order valence-electron chi connectivity index (χ4n) is 1.94. The number of ether oxygens (including phenoxy) is 2. The summed E-state index contributed by atoms with van der Waals surface area (Å²) in [5.41, 5.74) is 0.00407. The molecule has 0 amide bonds. The lowest BCUT2D eigenvalue weighted by Crippen LogP contribution is -2.51. The van der Waals surface area contributed by atoms with Crippen molar-refractivity contribution in [2.45, 2.75) is 44.8 Å². The van der Waals surface area contributed by atoms with E-state index in [1.165, 1.54) is 13.5 Å². The van der Waals surface area contributed by atoms with Gasteiger partial charge >= 0.3 is 5.97 Å². The summed E-state index contributed by atoms with van der Waals surface area (Å²) in [6.45, 7) is 4.69. The van der Waals surface area contributed by atoms with E-state index >= 15 is 0 Å². The Bertz CT molecular complexity index is 233. The van der Waals surface area contributed by atoms with Gasteiger partial charge in [-0.25, -0.2) is 0 Å². The fourth-order valence-corrected chi connectivity index (χ4v) is 1.94. The molecule has 1 fully saturated rings. The van der Waals surface area contributed by atoms with Crippen molar-refractivity contribution in [2.75, 3.05) is 20.8 Å². The molecule has 16 heavy (non-hydrogen) atoms. The van der Waals surface area contributed by atoms with Gasteiger partial charge in [0.1, 0.15) is 0 Å². The van der Waals surface area contributed by atoms with Crippen molar-refractivity contribution in [3.05, 3.63) is 0 Å². The summed E-state index contributed by atoms with van der Waals surface area (Å²) in [5.74, 6) is -0.293. The number of hydrogen-bond acceptors (Lipinski definition) is 4. The molecule has 2 unspecified atom stereocenters. The maximum Gasteiger partial charge on any atom is 0.309 e. The highest BCUT2D eigenvalue weighted by Crippen LogP contribution is 2.34. The second kappa shape index (κ2) is 5.64. The molecule has 0 aromatic rings. The zero-order valence-corrected chi connectivity index (χ0v) is 10.7. The molecule has 0 radical (unpaired) electrons. The Kier molecular flexibility index (Phi) is 4.74. The van der Waals surface area contributed by atoms with Crippen LogP contribution in [0.5, 0.6) is 0 Å². The van der Waals surface area contributed by atoms with E-state index in [1.807, 2.05) is 13.8 Å². The summed E-state index contributed by atoms with van der Waals surface area (Å²) in [6, 6.07) is 0.111.